The zero-order valence-corrected chi connectivity index (χ0v) is 14.0. The Morgan fingerprint density at radius 2 is 1.54 bits per heavy atom. The molecule has 2 N–H and O–H groups in total. The second kappa shape index (κ2) is 7.79. The highest BCUT2D eigenvalue weighted by molar-refractivity contribution is 6.10. The molecule has 7 nitrogen and oxygen atoms in total. The van der Waals surface area contributed by atoms with E-state index in [0.717, 1.165) is 0 Å². The Kier molecular flexibility index (Phi) is 5.28. The third-order valence-corrected chi connectivity index (χ3v) is 4.09. The molecule has 2 amide bonds. The van der Waals surface area contributed by atoms with E-state index in [9.17, 15) is 19.5 Å². The second-order valence-corrected chi connectivity index (χ2v) is 5.79. The molecule has 1 saturated heterocycles. The summed E-state index contributed by atoms with van der Waals surface area (Å²) in [6.45, 7) is 2.18. The molecule has 2 aromatic rings. The maximum Gasteiger partial charge on any atom is 0.336 e. The van der Waals surface area contributed by atoms with Gasteiger partial charge in [-0.3, -0.25) is 9.59 Å². The van der Waals surface area contributed by atoms with E-state index in [4.69, 9.17) is 4.74 Å². The molecule has 3 rings (SSSR count). The van der Waals surface area contributed by atoms with Crippen molar-refractivity contribution in [1.29, 1.82) is 0 Å². The van der Waals surface area contributed by atoms with E-state index in [1.807, 2.05) is 0 Å². The van der Waals surface area contributed by atoms with Crippen LogP contribution < -0.4 is 5.32 Å². The number of morpholine rings is 1. The fourth-order valence-corrected chi connectivity index (χ4v) is 2.71. The first-order valence-electron chi connectivity index (χ1n) is 8.17. The number of nitrogens with one attached hydrogen (secondary N) is 1. The molecule has 0 atom stereocenters. The van der Waals surface area contributed by atoms with Crippen LogP contribution in [0.3, 0.4) is 0 Å². The number of ether oxygens (including phenoxy) is 1. The number of carbonyl (C=O) groups is 3. The van der Waals surface area contributed by atoms with Gasteiger partial charge in [0.25, 0.3) is 11.8 Å². The Morgan fingerprint density at radius 3 is 2.15 bits per heavy atom. The summed E-state index contributed by atoms with van der Waals surface area (Å²) in [7, 11) is 0. The van der Waals surface area contributed by atoms with Gasteiger partial charge in [-0.15, -0.1) is 0 Å². The molecule has 0 bridgehead atoms. The normalized spacial score (nSPS) is 13.9. The van der Waals surface area contributed by atoms with Crippen molar-refractivity contribution in [3.63, 3.8) is 0 Å². The number of amides is 2. The van der Waals surface area contributed by atoms with Crippen molar-refractivity contribution in [3.05, 3.63) is 65.2 Å². The predicted molar refractivity (Wildman–Crippen MR) is 94.5 cm³/mol. The van der Waals surface area contributed by atoms with Gasteiger partial charge in [0.05, 0.1) is 24.3 Å². The number of carboxylic acids is 1. The molecule has 2 aromatic carbocycles. The van der Waals surface area contributed by atoms with Crippen molar-refractivity contribution in [1.82, 2.24) is 4.90 Å². The van der Waals surface area contributed by atoms with Gasteiger partial charge in [0.2, 0.25) is 0 Å². The molecular formula is C19H18N2O5. The summed E-state index contributed by atoms with van der Waals surface area (Å²) >= 11 is 0. The van der Waals surface area contributed by atoms with Crippen LogP contribution >= 0.6 is 0 Å². The zero-order valence-electron chi connectivity index (χ0n) is 14.0. The Morgan fingerprint density at radius 1 is 0.923 bits per heavy atom. The summed E-state index contributed by atoms with van der Waals surface area (Å²) in [4.78, 5) is 37.7. The molecule has 26 heavy (non-hydrogen) atoms. The smallest absolute Gasteiger partial charge is 0.336 e. The van der Waals surface area contributed by atoms with Crippen LogP contribution in [0.1, 0.15) is 31.1 Å². The summed E-state index contributed by atoms with van der Waals surface area (Å²) in [5, 5.41) is 11.8. The van der Waals surface area contributed by atoms with E-state index in [2.05, 4.69) is 5.32 Å². The first-order chi connectivity index (χ1) is 12.6. The molecule has 0 aliphatic carbocycles. The molecule has 1 heterocycles. The zero-order chi connectivity index (χ0) is 18.5. The van der Waals surface area contributed by atoms with Crippen molar-refractivity contribution in [2.24, 2.45) is 0 Å². The Balaban J connectivity index is 1.70. The topological polar surface area (TPSA) is 95.9 Å². The molecule has 7 heteroatoms. The SMILES string of the molecule is O=C(O)c1ccccc1C(=O)Nc1ccc(C(=O)N2CCOCC2)cc1. The van der Waals surface area contributed by atoms with Crippen molar-refractivity contribution in [3.8, 4) is 0 Å². The predicted octanol–water partition coefficient (Wildman–Crippen LogP) is 2.11. The highest BCUT2D eigenvalue weighted by Gasteiger charge is 2.19. The Labute approximate surface area is 150 Å². The van der Waals surface area contributed by atoms with E-state index in [-0.39, 0.29) is 17.0 Å². The largest absolute Gasteiger partial charge is 0.478 e. The first-order valence-corrected chi connectivity index (χ1v) is 8.17. The second-order valence-electron chi connectivity index (χ2n) is 5.79. The van der Waals surface area contributed by atoms with Crippen LogP contribution in [0.5, 0.6) is 0 Å². The van der Waals surface area contributed by atoms with Crippen LogP contribution in [0, 0.1) is 0 Å². The lowest BCUT2D eigenvalue weighted by Crippen LogP contribution is -2.40. The number of hydrogen-bond donors (Lipinski definition) is 2. The monoisotopic (exact) mass is 354 g/mol. The van der Waals surface area contributed by atoms with Crippen molar-refractivity contribution in [2.45, 2.75) is 0 Å². The quantitative estimate of drug-likeness (QED) is 0.877. The Bertz CT molecular complexity index is 826. The van der Waals surface area contributed by atoms with Crippen molar-refractivity contribution >= 4 is 23.5 Å². The number of carboxylic acid groups (broad SMARTS) is 1. The van der Waals surface area contributed by atoms with Gasteiger partial charge >= 0.3 is 5.97 Å². The average molecular weight is 354 g/mol. The number of carbonyl (C=O) groups excluding carboxylic acids is 2. The summed E-state index contributed by atoms with van der Waals surface area (Å²) in [5.74, 6) is -1.76. The van der Waals surface area contributed by atoms with E-state index in [1.165, 1.54) is 12.1 Å². The lowest BCUT2D eigenvalue weighted by Gasteiger charge is -2.26. The molecule has 0 radical (unpaired) electrons. The van der Waals surface area contributed by atoms with Crippen LogP contribution in [0.15, 0.2) is 48.5 Å². The number of benzene rings is 2. The van der Waals surface area contributed by atoms with Gasteiger partial charge in [0, 0.05) is 24.3 Å². The average Bonchev–Trinajstić information content (AvgIpc) is 2.68. The minimum absolute atomic E-state index is 0.0656. The number of rotatable bonds is 4. The molecule has 134 valence electrons. The highest BCUT2D eigenvalue weighted by atomic mass is 16.5. The van der Waals surface area contributed by atoms with Crippen LogP contribution in [0.4, 0.5) is 5.69 Å². The lowest BCUT2D eigenvalue weighted by atomic mass is 10.1. The molecule has 0 unspecified atom stereocenters. The lowest BCUT2D eigenvalue weighted by molar-refractivity contribution is 0.0303. The summed E-state index contributed by atoms with van der Waals surface area (Å²) < 4.78 is 5.23. The standard InChI is InChI=1S/C19H18N2O5/c22-17(15-3-1-2-4-16(15)19(24)25)20-14-7-5-13(6-8-14)18(23)21-9-11-26-12-10-21/h1-8H,9-12H2,(H,20,22)(H,24,25). The van der Waals surface area contributed by atoms with E-state index >= 15 is 0 Å². The molecule has 1 fully saturated rings. The number of aromatic carboxylic acids is 1. The molecule has 0 spiro atoms. The molecule has 1 aliphatic heterocycles. The van der Waals surface area contributed by atoms with E-state index in [1.54, 1.807) is 41.3 Å². The fourth-order valence-electron chi connectivity index (χ4n) is 2.71. The van der Waals surface area contributed by atoms with Gasteiger partial charge in [-0.2, -0.15) is 0 Å². The van der Waals surface area contributed by atoms with Crippen LogP contribution in [0.2, 0.25) is 0 Å². The maximum atomic E-state index is 12.4. The minimum atomic E-state index is -1.16. The van der Waals surface area contributed by atoms with Gasteiger partial charge in [-0.25, -0.2) is 4.79 Å². The molecule has 1 aliphatic rings. The van der Waals surface area contributed by atoms with Gasteiger partial charge in [0.15, 0.2) is 0 Å². The molecule has 0 saturated carbocycles. The van der Waals surface area contributed by atoms with Crippen LogP contribution in [-0.4, -0.2) is 54.1 Å². The summed E-state index contributed by atoms with van der Waals surface area (Å²) in [6.07, 6.45) is 0. The Hall–Kier alpha value is -3.19. The maximum absolute atomic E-state index is 12.4. The third kappa shape index (κ3) is 3.89. The van der Waals surface area contributed by atoms with Gasteiger partial charge in [0.1, 0.15) is 0 Å². The van der Waals surface area contributed by atoms with Crippen molar-refractivity contribution < 1.29 is 24.2 Å². The van der Waals surface area contributed by atoms with Gasteiger partial charge in [-0.1, -0.05) is 12.1 Å². The number of anilines is 1. The summed E-state index contributed by atoms with van der Waals surface area (Å²) in [5.41, 5.74) is 1.02. The van der Waals surface area contributed by atoms with E-state index in [0.29, 0.717) is 37.6 Å². The molecular weight excluding hydrogens is 336 g/mol. The number of hydrogen-bond acceptors (Lipinski definition) is 4. The van der Waals surface area contributed by atoms with Crippen LogP contribution in [-0.2, 0) is 4.74 Å². The number of nitrogens with zero attached hydrogens (tertiary/aromatic N) is 1. The molecule has 0 aromatic heterocycles. The third-order valence-electron chi connectivity index (χ3n) is 4.09. The fraction of sp³-hybridized carbons (Fsp3) is 0.211. The van der Waals surface area contributed by atoms with Gasteiger partial charge < -0.3 is 20.1 Å². The van der Waals surface area contributed by atoms with Gasteiger partial charge in [-0.05, 0) is 36.4 Å². The first kappa shape index (κ1) is 17.6. The van der Waals surface area contributed by atoms with E-state index < -0.39 is 11.9 Å². The summed E-state index contributed by atoms with van der Waals surface area (Å²) in [6, 6.07) is 12.5. The van der Waals surface area contributed by atoms with Crippen molar-refractivity contribution in [2.75, 3.05) is 31.6 Å². The van der Waals surface area contributed by atoms with Crippen LogP contribution in [0.25, 0.3) is 0 Å². The minimum Gasteiger partial charge on any atom is -0.478 e. The highest BCUT2D eigenvalue weighted by Crippen LogP contribution is 2.15.